The van der Waals surface area contributed by atoms with Crippen molar-refractivity contribution in [3.8, 4) is 5.75 Å². The van der Waals surface area contributed by atoms with Gasteiger partial charge in [0.1, 0.15) is 11.3 Å². The lowest BCUT2D eigenvalue weighted by Crippen LogP contribution is -2.41. The Bertz CT molecular complexity index is 1150. The molecule has 6 nitrogen and oxygen atoms in total. The summed E-state index contributed by atoms with van der Waals surface area (Å²) in [6.45, 7) is 1.41. The number of amides is 1. The molecule has 1 aliphatic heterocycles. The van der Waals surface area contributed by atoms with Crippen LogP contribution in [0.2, 0.25) is 0 Å². The Hall–Kier alpha value is -3.54. The number of hydrogen-bond acceptors (Lipinski definition) is 5. The molecule has 1 fully saturated rings. The predicted octanol–water partition coefficient (Wildman–Crippen LogP) is 4.15. The molecule has 3 aromatic carbocycles. The molecular formula is C24H23N3O3. The van der Waals surface area contributed by atoms with Gasteiger partial charge in [-0.2, -0.15) is 4.98 Å². The van der Waals surface area contributed by atoms with Gasteiger partial charge in [0, 0.05) is 13.1 Å². The van der Waals surface area contributed by atoms with Gasteiger partial charge in [0.15, 0.2) is 12.2 Å². The van der Waals surface area contributed by atoms with Crippen molar-refractivity contribution in [2.24, 2.45) is 0 Å². The molecule has 1 aromatic heterocycles. The van der Waals surface area contributed by atoms with E-state index in [1.165, 1.54) is 0 Å². The van der Waals surface area contributed by atoms with Crippen LogP contribution < -0.4 is 15.0 Å². The molecule has 1 aliphatic rings. The number of nitrogens with zero attached hydrogens (tertiary/aromatic N) is 2. The summed E-state index contributed by atoms with van der Waals surface area (Å²) in [5.74, 6) is 0.561. The second-order valence-corrected chi connectivity index (χ2v) is 7.56. The molecule has 1 atom stereocenters. The lowest BCUT2D eigenvalue weighted by molar-refractivity contribution is -0.123. The Morgan fingerprint density at radius 1 is 1.10 bits per heavy atom. The van der Waals surface area contributed by atoms with Gasteiger partial charge in [0.05, 0.1) is 6.04 Å². The molecule has 0 bridgehead atoms. The Morgan fingerprint density at radius 2 is 1.93 bits per heavy atom. The number of nitrogens with one attached hydrogen (secondary N) is 1. The van der Waals surface area contributed by atoms with E-state index in [1.54, 1.807) is 0 Å². The van der Waals surface area contributed by atoms with Crippen LogP contribution in [0.15, 0.2) is 71.1 Å². The van der Waals surface area contributed by atoms with E-state index < -0.39 is 0 Å². The van der Waals surface area contributed by atoms with Crippen LogP contribution in [0.3, 0.4) is 0 Å². The molecule has 0 spiro atoms. The standard InChI is InChI=1S/C24H23N3O3/c28-23(16-29-20-12-11-17-6-1-2-7-18(17)14-20)25-15-19-8-5-13-27(19)24-26-21-9-3-4-10-22(21)30-24/h1-4,6-7,9-12,14,19H,5,8,13,15-16H2,(H,25,28). The largest absolute Gasteiger partial charge is 0.484 e. The molecule has 0 aliphatic carbocycles. The van der Waals surface area contributed by atoms with Crippen molar-refractivity contribution in [2.75, 3.05) is 24.6 Å². The highest BCUT2D eigenvalue weighted by molar-refractivity contribution is 5.84. The number of rotatable bonds is 6. The number of anilines is 1. The Kier molecular flexibility index (Phi) is 4.97. The van der Waals surface area contributed by atoms with Gasteiger partial charge in [0.2, 0.25) is 0 Å². The van der Waals surface area contributed by atoms with E-state index in [0.29, 0.717) is 18.3 Å². The quantitative estimate of drug-likeness (QED) is 0.526. The maximum absolute atomic E-state index is 12.3. The SMILES string of the molecule is O=C(COc1ccc2ccccc2c1)NCC1CCCN1c1nc2ccccc2o1. The molecule has 2 heterocycles. The normalized spacial score (nSPS) is 16.3. The number of para-hydroxylation sites is 2. The third-order valence-electron chi connectivity index (χ3n) is 5.53. The molecule has 30 heavy (non-hydrogen) atoms. The molecule has 1 unspecified atom stereocenters. The molecule has 1 saturated heterocycles. The van der Waals surface area contributed by atoms with Crippen LogP contribution in [0.4, 0.5) is 6.01 Å². The molecule has 0 radical (unpaired) electrons. The van der Waals surface area contributed by atoms with E-state index in [0.717, 1.165) is 41.3 Å². The van der Waals surface area contributed by atoms with Crippen molar-refractivity contribution in [1.29, 1.82) is 0 Å². The Morgan fingerprint density at radius 3 is 2.83 bits per heavy atom. The van der Waals surface area contributed by atoms with Crippen molar-refractivity contribution in [1.82, 2.24) is 10.3 Å². The maximum atomic E-state index is 12.3. The third-order valence-corrected chi connectivity index (χ3v) is 5.53. The van der Waals surface area contributed by atoms with Crippen molar-refractivity contribution in [2.45, 2.75) is 18.9 Å². The fourth-order valence-electron chi connectivity index (χ4n) is 3.97. The molecular weight excluding hydrogens is 378 g/mol. The molecule has 1 amide bonds. The third kappa shape index (κ3) is 3.81. The number of carbonyl (C=O) groups is 1. The van der Waals surface area contributed by atoms with E-state index in [4.69, 9.17) is 9.15 Å². The minimum atomic E-state index is -0.132. The first-order chi connectivity index (χ1) is 14.8. The predicted molar refractivity (Wildman–Crippen MR) is 117 cm³/mol. The first kappa shape index (κ1) is 18.5. The van der Waals surface area contributed by atoms with Crippen LogP contribution in [0.1, 0.15) is 12.8 Å². The summed E-state index contributed by atoms with van der Waals surface area (Å²) in [5.41, 5.74) is 1.64. The van der Waals surface area contributed by atoms with E-state index in [9.17, 15) is 4.79 Å². The van der Waals surface area contributed by atoms with Crippen LogP contribution in [0, 0.1) is 0 Å². The first-order valence-electron chi connectivity index (χ1n) is 10.3. The zero-order valence-corrected chi connectivity index (χ0v) is 16.6. The topological polar surface area (TPSA) is 67.6 Å². The van der Waals surface area contributed by atoms with Gasteiger partial charge in [0.25, 0.3) is 11.9 Å². The van der Waals surface area contributed by atoms with Gasteiger partial charge in [-0.05, 0) is 47.9 Å². The second kappa shape index (κ2) is 8.06. The number of benzene rings is 3. The molecule has 0 saturated carbocycles. The number of fused-ring (bicyclic) bond motifs is 2. The number of aromatic nitrogens is 1. The van der Waals surface area contributed by atoms with Gasteiger partial charge < -0.3 is 19.4 Å². The van der Waals surface area contributed by atoms with E-state index in [-0.39, 0.29) is 18.6 Å². The van der Waals surface area contributed by atoms with E-state index in [2.05, 4.69) is 21.3 Å². The highest BCUT2D eigenvalue weighted by atomic mass is 16.5. The summed E-state index contributed by atoms with van der Waals surface area (Å²) in [6, 6.07) is 22.5. The van der Waals surface area contributed by atoms with Crippen LogP contribution in [0.5, 0.6) is 5.75 Å². The zero-order valence-electron chi connectivity index (χ0n) is 16.6. The minimum absolute atomic E-state index is 0.00600. The highest BCUT2D eigenvalue weighted by Gasteiger charge is 2.28. The zero-order chi connectivity index (χ0) is 20.3. The van der Waals surface area contributed by atoms with E-state index in [1.807, 2.05) is 60.7 Å². The molecule has 5 rings (SSSR count). The fraction of sp³-hybridized carbons (Fsp3) is 0.250. The maximum Gasteiger partial charge on any atom is 0.298 e. The Labute approximate surface area is 174 Å². The lowest BCUT2D eigenvalue weighted by Gasteiger charge is -2.23. The second-order valence-electron chi connectivity index (χ2n) is 7.56. The van der Waals surface area contributed by atoms with Crippen LogP contribution in [-0.2, 0) is 4.79 Å². The highest BCUT2D eigenvalue weighted by Crippen LogP contribution is 2.28. The summed E-state index contributed by atoms with van der Waals surface area (Å²) in [6.07, 6.45) is 2.04. The average Bonchev–Trinajstić information content (AvgIpc) is 3.42. The van der Waals surface area contributed by atoms with Gasteiger partial charge in [-0.15, -0.1) is 0 Å². The van der Waals surface area contributed by atoms with Crippen molar-refractivity contribution in [3.63, 3.8) is 0 Å². The summed E-state index contributed by atoms with van der Waals surface area (Å²) in [7, 11) is 0. The van der Waals surface area contributed by atoms with Gasteiger partial charge in [-0.3, -0.25) is 4.79 Å². The summed E-state index contributed by atoms with van der Waals surface area (Å²) < 4.78 is 11.6. The van der Waals surface area contributed by atoms with Crippen molar-refractivity contribution >= 4 is 33.8 Å². The fourth-order valence-corrected chi connectivity index (χ4v) is 3.97. The van der Waals surface area contributed by atoms with Crippen LogP contribution in [-0.4, -0.2) is 36.6 Å². The van der Waals surface area contributed by atoms with Crippen molar-refractivity contribution in [3.05, 3.63) is 66.7 Å². The monoisotopic (exact) mass is 401 g/mol. The summed E-state index contributed by atoms with van der Waals surface area (Å²) >= 11 is 0. The Balaban J connectivity index is 1.17. The first-order valence-corrected chi connectivity index (χ1v) is 10.3. The average molecular weight is 401 g/mol. The number of ether oxygens (including phenoxy) is 1. The van der Waals surface area contributed by atoms with Crippen molar-refractivity contribution < 1.29 is 13.9 Å². The molecule has 4 aromatic rings. The summed E-state index contributed by atoms with van der Waals surface area (Å²) in [5, 5.41) is 5.23. The van der Waals surface area contributed by atoms with E-state index >= 15 is 0 Å². The molecule has 152 valence electrons. The smallest absolute Gasteiger partial charge is 0.298 e. The number of hydrogen-bond donors (Lipinski definition) is 1. The molecule has 6 heteroatoms. The summed E-state index contributed by atoms with van der Waals surface area (Å²) in [4.78, 5) is 19.1. The lowest BCUT2D eigenvalue weighted by atomic mass is 10.1. The van der Waals surface area contributed by atoms with Crippen LogP contribution in [0.25, 0.3) is 21.9 Å². The van der Waals surface area contributed by atoms with Crippen LogP contribution >= 0.6 is 0 Å². The molecule has 1 N–H and O–H groups in total. The number of oxazole rings is 1. The number of carbonyl (C=O) groups excluding carboxylic acids is 1. The van der Waals surface area contributed by atoms with Gasteiger partial charge in [-0.25, -0.2) is 0 Å². The van der Waals surface area contributed by atoms with Gasteiger partial charge in [-0.1, -0.05) is 42.5 Å². The minimum Gasteiger partial charge on any atom is -0.484 e. The van der Waals surface area contributed by atoms with Gasteiger partial charge >= 0.3 is 0 Å².